The van der Waals surface area contributed by atoms with E-state index in [9.17, 15) is 4.79 Å². The van der Waals surface area contributed by atoms with Crippen LogP contribution in [-0.4, -0.2) is 47.3 Å². The fraction of sp³-hybridized carbons (Fsp3) is 0.500. The summed E-state index contributed by atoms with van der Waals surface area (Å²) in [6.07, 6.45) is 7.18. The molecule has 0 spiro atoms. The first-order valence-electron chi connectivity index (χ1n) is 8.63. The van der Waals surface area contributed by atoms with Crippen LogP contribution in [0.5, 0.6) is 0 Å². The second-order valence-electron chi connectivity index (χ2n) is 6.44. The molecule has 1 fully saturated rings. The number of nitrogens with zero attached hydrogens (tertiary/aromatic N) is 3. The largest absolute Gasteiger partial charge is 0.469 e. The Morgan fingerprint density at radius 1 is 1.24 bits per heavy atom. The highest BCUT2D eigenvalue weighted by Gasteiger charge is 2.36. The number of carbonyl (C=O) groups is 1. The van der Waals surface area contributed by atoms with E-state index in [1.165, 1.54) is 0 Å². The number of carbonyl (C=O) groups excluding carboxylic acids is 1. The summed E-state index contributed by atoms with van der Waals surface area (Å²) in [4.78, 5) is 19.4. The summed E-state index contributed by atoms with van der Waals surface area (Å²) in [6, 6.07) is 1.82. The summed E-state index contributed by atoms with van der Waals surface area (Å²) in [5.41, 5.74) is 0.817. The Kier molecular flexibility index (Phi) is 4.40. The number of aromatic nitrogens is 2. The van der Waals surface area contributed by atoms with E-state index in [4.69, 9.17) is 13.7 Å². The zero-order valence-corrected chi connectivity index (χ0v) is 14.2. The Bertz CT molecular complexity index is 773. The monoisotopic (exact) mass is 343 g/mol. The predicted octanol–water partition coefficient (Wildman–Crippen LogP) is 2.55. The standard InChI is InChI=1S/C18H21N3O4/c1-12-13(6-9-24-12)16-19-17(25-20-16)14-4-2-3-5-15(14)18(22)21-7-10-23-11-8-21/h2-3,6,9,14-15H,4-5,7-8,10-11H2,1H3. The van der Waals surface area contributed by atoms with Crippen molar-refractivity contribution in [1.82, 2.24) is 15.0 Å². The Morgan fingerprint density at radius 3 is 2.80 bits per heavy atom. The summed E-state index contributed by atoms with van der Waals surface area (Å²) < 4.78 is 16.2. The van der Waals surface area contributed by atoms with Crippen molar-refractivity contribution < 1.29 is 18.5 Å². The number of aryl methyl sites for hydroxylation is 1. The molecule has 1 aliphatic carbocycles. The number of furan rings is 1. The SMILES string of the molecule is Cc1occc1-c1noc(C2CC=CCC2C(=O)N2CCOCC2)n1. The van der Waals surface area contributed by atoms with Crippen molar-refractivity contribution in [2.24, 2.45) is 5.92 Å². The van der Waals surface area contributed by atoms with Crippen LogP contribution in [0.25, 0.3) is 11.4 Å². The van der Waals surface area contributed by atoms with E-state index in [0.29, 0.717) is 44.4 Å². The van der Waals surface area contributed by atoms with Gasteiger partial charge in [-0.25, -0.2) is 0 Å². The van der Waals surface area contributed by atoms with Crippen LogP contribution < -0.4 is 0 Å². The molecule has 0 saturated carbocycles. The van der Waals surface area contributed by atoms with E-state index in [2.05, 4.69) is 22.3 Å². The van der Waals surface area contributed by atoms with Crippen LogP contribution in [0.4, 0.5) is 0 Å². The quantitative estimate of drug-likeness (QED) is 0.797. The Morgan fingerprint density at radius 2 is 2.04 bits per heavy atom. The van der Waals surface area contributed by atoms with E-state index < -0.39 is 0 Å². The van der Waals surface area contributed by atoms with Crippen molar-refractivity contribution in [3.63, 3.8) is 0 Å². The Labute approximate surface area is 145 Å². The number of hydrogen-bond donors (Lipinski definition) is 0. The van der Waals surface area contributed by atoms with Gasteiger partial charge in [-0.1, -0.05) is 17.3 Å². The molecule has 0 N–H and O–H groups in total. The summed E-state index contributed by atoms with van der Waals surface area (Å²) in [7, 11) is 0. The topological polar surface area (TPSA) is 81.6 Å². The summed E-state index contributed by atoms with van der Waals surface area (Å²) in [5.74, 6) is 1.67. The summed E-state index contributed by atoms with van der Waals surface area (Å²) in [5, 5.41) is 4.09. The highest BCUT2D eigenvalue weighted by atomic mass is 16.5. The maximum absolute atomic E-state index is 13.0. The van der Waals surface area contributed by atoms with Gasteiger partial charge in [0.05, 0.1) is 36.9 Å². The normalized spacial score (nSPS) is 23.8. The maximum Gasteiger partial charge on any atom is 0.231 e. The molecule has 2 aromatic rings. The first-order valence-corrected chi connectivity index (χ1v) is 8.63. The molecule has 25 heavy (non-hydrogen) atoms. The third-order valence-electron chi connectivity index (χ3n) is 4.93. The van der Waals surface area contributed by atoms with Gasteiger partial charge in [0.1, 0.15) is 5.76 Å². The van der Waals surface area contributed by atoms with Gasteiger partial charge in [0, 0.05) is 13.1 Å². The van der Waals surface area contributed by atoms with Gasteiger partial charge < -0.3 is 18.6 Å². The minimum Gasteiger partial charge on any atom is -0.469 e. The highest BCUT2D eigenvalue weighted by Crippen LogP contribution is 2.36. The minimum absolute atomic E-state index is 0.0891. The second-order valence-corrected chi connectivity index (χ2v) is 6.44. The summed E-state index contributed by atoms with van der Waals surface area (Å²) >= 11 is 0. The molecule has 0 bridgehead atoms. The molecule has 2 aromatic heterocycles. The van der Waals surface area contributed by atoms with Gasteiger partial charge >= 0.3 is 0 Å². The lowest BCUT2D eigenvalue weighted by Crippen LogP contribution is -2.45. The van der Waals surface area contributed by atoms with Gasteiger partial charge in [-0.3, -0.25) is 4.79 Å². The molecule has 3 heterocycles. The minimum atomic E-state index is -0.165. The van der Waals surface area contributed by atoms with Gasteiger partial charge in [-0.05, 0) is 25.8 Å². The zero-order chi connectivity index (χ0) is 17.2. The second kappa shape index (κ2) is 6.84. The van der Waals surface area contributed by atoms with E-state index in [0.717, 1.165) is 17.7 Å². The highest BCUT2D eigenvalue weighted by molar-refractivity contribution is 5.80. The fourth-order valence-electron chi connectivity index (χ4n) is 3.49. The molecule has 7 nitrogen and oxygen atoms in total. The van der Waals surface area contributed by atoms with Crippen molar-refractivity contribution >= 4 is 5.91 Å². The van der Waals surface area contributed by atoms with E-state index in [-0.39, 0.29) is 17.7 Å². The third-order valence-corrected chi connectivity index (χ3v) is 4.93. The van der Waals surface area contributed by atoms with Crippen LogP contribution in [0.15, 0.2) is 33.4 Å². The molecule has 2 atom stereocenters. The van der Waals surface area contributed by atoms with Gasteiger partial charge in [-0.15, -0.1) is 0 Å². The first kappa shape index (κ1) is 16.1. The van der Waals surface area contributed by atoms with E-state index in [1.807, 2.05) is 17.9 Å². The maximum atomic E-state index is 13.0. The van der Waals surface area contributed by atoms with Crippen molar-refractivity contribution in [2.45, 2.75) is 25.7 Å². The van der Waals surface area contributed by atoms with Crippen molar-refractivity contribution in [1.29, 1.82) is 0 Å². The van der Waals surface area contributed by atoms with Crippen LogP contribution in [-0.2, 0) is 9.53 Å². The van der Waals surface area contributed by atoms with Crippen LogP contribution >= 0.6 is 0 Å². The molecule has 2 unspecified atom stereocenters. The van der Waals surface area contributed by atoms with Crippen molar-refractivity contribution in [3.8, 4) is 11.4 Å². The molecular formula is C18H21N3O4. The van der Waals surface area contributed by atoms with Crippen LogP contribution in [0.2, 0.25) is 0 Å². The average Bonchev–Trinajstić information content (AvgIpc) is 3.30. The molecule has 4 rings (SSSR count). The van der Waals surface area contributed by atoms with Crippen LogP contribution in [0.3, 0.4) is 0 Å². The number of morpholine rings is 1. The molecular weight excluding hydrogens is 322 g/mol. The molecule has 7 heteroatoms. The lowest BCUT2D eigenvalue weighted by Gasteiger charge is -2.33. The lowest BCUT2D eigenvalue weighted by atomic mass is 9.81. The zero-order valence-electron chi connectivity index (χ0n) is 14.2. The molecule has 1 saturated heterocycles. The molecule has 1 amide bonds. The number of allylic oxidation sites excluding steroid dienone is 2. The molecule has 2 aliphatic rings. The Hall–Kier alpha value is -2.41. The van der Waals surface area contributed by atoms with E-state index in [1.54, 1.807) is 6.26 Å². The van der Waals surface area contributed by atoms with Crippen molar-refractivity contribution in [3.05, 3.63) is 36.1 Å². The number of amides is 1. The van der Waals surface area contributed by atoms with Crippen LogP contribution in [0, 0.1) is 12.8 Å². The predicted molar refractivity (Wildman–Crippen MR) is 88.7 cm³/mol. The smallest absolute Gasteiger partial charge is 0.231 e. The number of hydrogen-bond acceptors (Lipinski definition) is 6. The van der Waals surface area contributed by atoms with Crippen molar-refractivity contribution in [2.75, 3.05) is 26.3 Å². The fourth-order valence-corrected chi connectivity index (χ4v) is 3.49. The molecule has 132 valence electrons. The summed E-state index contributed by atoms with van der Waals surface area (Å²) in [6.45, 7) is 4.36. The molecule has 0 radical (unpaired) electrons. The molecule has 0 aromatic carbocycles. The first-order chi connectivity index (χ1) is 12.2. The lowest BCUT2D eigenvalue weighted by molar-refractivity contribution is -0.140. The van der Waals surface area contributed by atoms with Gasteiger partial charge in [0.2, 0.25) is 17.6 Å². The molecule has 1 aliphatic heterocycles. The van der Waals surface area contributed by atoms with Crippen LogP contribution in [0.1, 0.15) is 30.4 Å². The third kappa shape index (κ3) is 3.11. The van der Waals surface area contributed by atoms with Gasteiger partial charge in [-0.2, -0.15) is 4.98 Å². The Balaban J connectivity index is 1.57. The number of ether oxygens (including phenoxy) is 1. The van der Waals surface area contributed by atoms with Gasteiger partial charge in [0.15, 0.2) is 0 Å². The average molecular weight is 343 g/mol. The van der Waals surface area contributed by atoms with E-state index >= 15 is 0 Å². The number of rotatable bonds is 3. The van der Waals surface area contributed by atoms with Gasteiger partial charge in [0.25, 0.3) is 0 Å².